The highest BCUT2D eigenvalue weighted by Gasteiger charge is 2.23. The third-order valence-electron chi connectivity index (χ3n) is 3.04. The third kappa shape index (κ3) is 4.26. The highest BCUT2D eigenvalue weighted by molar-refractivity contribution is 5.73. The predicted octanol–water partition coefficient (Wildman–Crippen LogP) is 1.22. The van der Waals surface area contributed by atoms with Crippen molar-refractivity contribution in [1.82, 2.24) is 20.8 Å². The number of halogens is 1. The number of rotatable bonds is 5. The number of urea groups is 1. The lowest BCUT2D eigenvalue weighted by atomic mass is 9.96. The number of hydrogen-bond acceptors (Lipinski definition) is 5. The van der Waals surface area contributed by atoms with Gasteiger partial charge in [-0.3, -0.25) is 0 Å². The molecule has 0 fully saturated rings. The zero-order valence-electron chi connectivity index (χ0n) is 12.3. The van der Waals surface area contributed by atoms with Crippen LogP contribution in [0.4, 0.5) is 9.18 Å². The molecule has 0 saturated heterocycles. The molecule has 7 nitrogen and oxygen atoms in total. The third-order valence-corrected chi connectivity index (χ3v) is 3.04. The van der Waals surface area contributed by atoms with Crippen LogP contribution in [-0.2, 0) is 12.1 Å². The number of aliphatic hydroxyl groups is 1. The van der Waals surface area contributed by atoms with E-state index in [2.05, 4.69) is 20.8 Å². The van der Waals surface area contributed by atoms with Crippen molar-refractivity contribution < 1.29 is 18.8 Å². The molecule has 118 valence electrons. The SMILES string of the molecule is Cc1nc(CNC(=O)NCC(C)(O)c2ccc(F)cc2)no1. The molecular formula is C14H17FN4O3. The monoisotopic (exact) mass is 308 g/mol. The average molecular weight is 308 g/mol. The van der Waals surface area contributed by atoms with E-state index < -0.39 is 11.6 Å². The van der Waals surface area contributed by atoms with Crippen LogP contribution in [0.2, 0.25) is 0 Å². The molecule has 1 atom stereocenters. The van der Waals surface area contributed by atoms with Gasteiger partial charge in [-0.2, -0.15) is 4.98 Å². The number of carbonyl (C=O) groups excluding carboxylic acids is 1. The molecule has 1 heterocycles. The Kier molecular flexibility index (Phi) is 4.71. The minimum Gasteiger partial charge on any atom is -0.384 e. The standard InChI is InChI=1S/C14H17FN4O3/c1-9-18-12(19-22-9)7-16-13(20)17-8-14(2,21)10-3-5-11(15)6-4-10/h3-6,21H,7-8H2,1-2H3,(H2,16,17,20). The second kappa shape index (κ2) is 6.52. The topological polar surface area (TPSA) is 100 Å². The molecule has 0 spiro atoms. The lowest BCUT2D eigenvalue weighted by Gasteiger charge is -2.24. The molecule has 2 rings (SSSR count). The summed E-state index contributed by atoms with van der Waals surface area (Å²) in [7, 11) is 0. The molecule has 2 amide bonds. The minimum absolute atomic E-state index is 0.0320. The fourth-order valence-corrected chi connectivity index (χ4v) is 1.80. The molecule has 2 aromatic rings. The smallest absolute Gasteiger partial charge is 0.315 e. The van der Waals surface area contributed by atoms with Crippen LogP contribution < -0.4 is 10.6 Å². The van der Waals surface area contributed by atoms with Gasteiger partial charge in [-0.05, 0) is 24.6 Å². The van der Waals surface area contributed by atoms with Crippen molar-refractivity contribution >= 4 is 6.03 Å². The summed E-state index contributed by atoms with van der Waals surface area (Å²) in [4.78, 5) is 15.6. The molecule has 22 heavy (non-hydrogen) atoms. The first-order valence-corrected chi connectivity index (χ1v) is 6.66. The molecule has 0 bridgehead atoms. The largest absolute Gasteiger partial charge is 0.384 e. The number of benzene rings is 1. The Balaban J connectivity index is 1.83. The zero-order chi connectivity index (χ0) is 16.2. The van der Waals surface area contributed by atoms with Crippen LogP contribution in [0.15, 0.2) is 28.8 Å². The summed E-state index contributed by atoms with van der Waals surface area (Å²) in [6.45, 7) is 3.26. The minimum atomic E-state index is -1.31. The summed E-state index contributed by atoms with van der Waals surface area (Å²) in [5.74, 6) is 0.384. The number of nitrogens with zero attached hydrogens (tertiary/aromatic N) is 2. The van der Waals surface area contributed by atoms with Crippen LogP contribution in [-0.4, -0.2) is 27.8 Å². The van der Waals surface area contributed by atoms with Gasteiger partial charge in [-0.15, -0.1) is 0 Å². The van der Waals surface area contributed by atoms with E-state index in [4.69, 9.17) is 4.52 Å². The van der Waals surface area contributed by atoms with Crippen molar-refractivity contribution in [3.63, 3.8) is 0 Å². The van der Waals surface area contributed by atoms with Gasteiger partial charge in [0.1, 0.15) is 11.4 Å². The summed E-state index contributed by atoms with van der Waals surface area (Å²) in [6, 6.07) is 4.96. The van der Waals surface area contributed by atoms with Crippen LogP contribution in [0, 0.1) is 12.7 Å². The van der Waals surface area contributed by atoms with Crippen LogP contribution >= 0.6 is 0 Å². The molecule has 1 unspecified atom stereocenters. The van der Waals surface area contributed by atoms with Crippen molar-refractivity contribution in [1.29, 1.82) is 0 Å². The van der Waals surface area contributed by atoms with Crippen molar-refractivity contribution in [3.05, 3.63) is 47.4 Å². The Morgan fingerprint density at radius 1 is 1.36 bits per heavy atom. The van der Waals surface area contributed by atoms with Gasteiger partial charge >= 0.3 is 6.03 Å². The van der Waals surface area contributed by atoms with Gasteiger partial charge in [0.05, 0.1) is 13.1 Å². The molecule has 1 aromatic heterocycles. The van der Waals surface area contributed by atoms with Gasteiger partial charge < -0.3 is 20.3 Å². The van der Waals surface area contributed by atoms with Gasteiger partial charge in [0.2, 0.25) is 5.89 Å². The fraction of sp³-hybridized carbons (Fsp3) is 0.357. The second-order valence-corrected chi connectivity index (χ2v) is 5.05. The van der Waals surface area contributed by atoms with Crippen LogP contribution in [0.1, 0.15) is 24.2 Å². The molecule has 0 radical (unpaired) electrons. The molecule has 0 aliphatic heterocycles. The van der Waals surface area contributed by atoms with Crippen LogP contribution in [0.3, 0.4) is 0 Å². The Morgan fingerprint density at radius 3 is 2.64 bits per heavy atom. The molecule has 0 aliphatic carbocycles. The molecule has 1 aromatic carbocycles. The molecular weight excluding hydrogens is 291 g/mol. The van der Waals surface area contributed by atoms with Crippen molar-refractivity contribution in [3.8, 4) is 0 Å². The quantitative estimate of drug-likeness (QED) is 0.771. The van der Waals surface area contributed by atoms with Crippen molar-refractivity contribution in [2.45, 2.75) is 26.0 Å². The first-order chi connectivity index (χ1) is 10.4. The second-order valence-electron chi connectivity index (χ2n) is 5.05. The molecule has 0 aliphatic rings. The number of aromatic nitrogens is 2. The number of amides is 2. The highest BCUT2D eigenvalue weighted by atomic mass is 19.1. The van der Waals surface area contributed by atoms with Crippen LogP contribution in [0.5, 0.6) is 0 Å². The number of hydrogen-bond donors (Lipinski definition) is 3. The summed E-state index contributed by atoms with van der Waals surface area (Å²) < 4.78 is 17.6. The van der Waals surface area contributed by atoms with Gasteiger partial charge in [-0.1, -0.05) is 17.3 Å². The van der Waals surface area contributed by atoms with E-state index in [-0.39, 0.29) is 18.9 Å². The number of aryl methyl sites for hydroxylation is 1. The average Bonchev–Trinajstić information content (AvgIpc) is 2.89. The lowest BCUT2D eigenvalue weighted by Crippen LogP contribution is -2.43. The van der Waals surface area contributed by atoms with E-state index in [1.807, 2.05) is 0 Å². The lowest BCUT2D eigenvalue weighted by molar-refractivity contribution is 0.0593. The zero-order valence-corrected chi connectivity index (χ0v) is 12.3. The van der Waals surface area contributed by atoms with Gasteiger partial charge in [0.25, 0.3) is 0 Å². The van der Waals surface area contributed by atoms with Crippen molar-refractivity contribution in [2.75, 3.05) is 6.54 Å². The molecule has 0 saturated carbocycles. The maximum absolute atomic E-state index is 12.9. The maximum Gasteiger partial charge on any atom is 0.315 e. The van der Waals surface area contributed by atoms with E-state index in [0.29, 0.717) is 17.3 Å². The van der Waals surface area contributed by atoms with E-state index in [9.17, 15) is 14.3 Å². The van der Waals surface area contributed by atoms with E-state index in [0.717, 1.165) is 0 Å². The first kappa shape index (κ1) is 15.9. The fourth-order valence-electron chi connectivity index (χ4n) is 1.80. The van der Waals surface area contributed by atoms with E-state index in [1.54, 1.807) is 6.92 Å². The summed E-state index contributed by atoms with van der Waals surface area (Å²) >= 11 is 0. The van der Waals surface area contributed by atoms with E-state index >= 15 is 0 Å². The van der Waals surface area contributed by atoms with Gasteiger partial charge in [-0.25, -0.2) is 9.18 Å². The number of carbonyl (C=O) groups is 1. The Bertz CT molecular complexity index is 640. The molecule has 8 heteroatoms. The maximum atomic E-state index is 12.9. The summed E-state index contributed by atoms with van der Waals surface area (Å²) in [5, 5.41) is 19.0. The number of nitrogens with one attached hydrogen (secondary N) is 2. The Hall–Kier alpha value is -2.48. The van der Waals surface area contributed by atoms with Gasteiger partial charge in [0, 0.05) is 6.92 Å². The first-order valence-electron chi connectivity index (χ1n) is 6.66. The Morgan fingerprint density at radius 2 is 2.05 bits per heavy atom. The summed E-state index contributed by atoms with van der Waals surface area (Å²) in [6.07, 6.45) is 0. The predicted molar refractivity (Wildman–Crippen MR) is 75.2 cm³/mol. The van der Waals surface area contributed by atoms with Crippen LogP contribution in [0.25, 0.3) is 0 Å². The highest BCUT2D eigenvalue weighted by Crippen LogP contribution is 2.19. The van der Waals surface area contributed by atoms with E-state index in [1.165, 1.54) is 31.2 Å². The Labute approximate surface area is 126 Å². The molecule has 3 N–H and O–H groups in total. The van der Waals surface area contributed by atoms with Gasteiger partial charge in [0.15, 0.2) is 5.82 Å². The normalized spacial score (nSPS) is 13.5. The van der Waals surface area contributed by atoms with Crippen molar-refractivity contribution in [2.24, 2.45) is 0 Å². The summed E-state index contributed by atoms with van der Waals surface area (Å²) in [5.41, 5.74) is -0.809.